The highest BCUT2D eigenvalue weighted by Gasteiger charge is 2.32. The van der Waals surface area contributed by atoms with Crippen LogP contribution in [0.1, 0.15) is 48.7 Å². The summed E-state index contributed by atoms with van der Waals surface area (Å²) in [5.74, 6) is -0.198. The molecule has 0 unspecified atom stereocenters. The molecule has 2 amide bonds. The van der Waals surface area contributed by atoms with Crippen LogP contribution in [0.2, 0.25) is 0 Å². The molecule has 3 rings (SSSR count). The lowest BCUT2D eigenvalue weighted by Crippen LogP contribution is -2.22. The third kappa shape index (κ3) is 2.44. The molecule has 2 heterocycles. The number of carbonyl (C=O) groups excluding carboxylic acids is 2. The number of imide groups is 1. The van der Waals surface area contributed by atoms with Crippen molar-refractivity contribution in [3.63, 3.8) is 0 Å². The lowest BCUT2D eigenvalue weighted by molar-refractivity contribution is -0.121. The van der Waals surface area contributed by atoms with Crippen molar-refractivity contribution >= 4 is 29.0 Å². The van der Waals surface area contributed by atoms with Crippen molar-refractivity contribution in [3.05, 3.63) is 27.9 Å². The Morgan fingerprint density at radius 1 is 1.24 bits per heavy atom. The van der Waals surface area contributed by atoms with E-state index in [1.807, 2.05) is 6.08 Å². The van der Waals surface area contributed by atoms with Crippen molar-refractivity contribution in [3.8, 4) is 0 Å². The molecule has 112 valence electrons. The van der Waals surface area contributed by atoms with Crippen LogP contribution in [0.25, 0.3) is 6.08 Å². The van der Waals surface area contributed by atoms with Crippen LogP contribution in [0.3, 0.4) is 0 Å². The molecule has 0 bridgehead atoms. The van der Waals surface area contributed by atoms with E-state index in [0.29, 0.717) is 10.9 Å². The molecular weight excluding hydrogens is 284 g/mol. The van der Waals surface area contributed by atoms with E-state index in [1.54, 1.807) is 0 Å². The largest absolute Gasteiger partial charge is 0.346 e. The molecule has 1 saturated carbocycles. The number of rotatable bonds is 2. The SMILES string of the molecule is Cc1cc(/C=C2/SC(=O)N(C)C2=O)c(C)n1C1CCCC1. The van der Waals surface area contributed by atoms with Crippen LogP contribution in [-0.2, 0) is 4.79 Å². The summed E-state index contributed by atoms with van der Waals surface area (Å²) in [6, 6.07) is 2.71. The molecule has 2 fully saturated rings. The van der Waals surface area contributed by atoms with Crippen LogP contribution in [0.5, 0.6) is 0 Å². The molecule has 21 heavy (non-hydrogen) atoms. The molecule has 1 aliphatic heterocycles. The fourth-order valence-electron chi connectivity index (χ4n) is 3.36. The topological polar surface area (TPSA) is 42.3 Å². The Hall–Kier alpha value is -1.49. The molecule has 1 aromatic rings. The van der Waals surface area contributed by atoms with Crippen LogP contribution in [0, 0.1) is 13.8 Å². The normalized spacial score (nSPS) is 22.0. The van der Waals surface area contributed by atoms with Gasteiger partial charge in [-0.05, 0) is 56.2 Å². The van der Waals surface area contributed by atoms with E-state index in [0.717, 1.165) is 17.3 Å². The van der Waals surface area contributed by atoms with Gasteiger partial charge >= 0.3 is 0 Å². The number of amides is 2. The summed E-state index contributed by atoms with van der Waals surface area (Å²) in [4.78, 5) is 25.3. The van der Waals surface area contributed by atoms with Crippen LogP contribution in [0.15, 0.2) is 11.0 Å². The standard InChI is InChI=1S/C16H20N2O2S/c1-10-8-12(9-14-15(19)17(3)16(20)21-14)11(2)18(10)13-6-4-5-7-13/h8-9,13H,4-7H2,1-3H3/b14-9+. The summed E-state index contributed by atoms with van der Waals surface area (Å²) in [5.41, 5.74) is 3.49. The zero-order valence-corrected chi connectivity index (χ0v) is 13.5. The van der Waals surface area contributed by atoms with Crippen LogP contribution in [-0.4, -0.2) is 27.7 Å². The van der Waals surface area contributed by atoms with Gasteiger partial charge in [-0.15, -0.1) is 0 Å². The van der Waals surface area contributed by atoms with E-state index >= 15 is 0 Å². The summed E-state index contributed by atoms with van der Waals surface area (Å²) >= 11 is 1.02. The van der Waals surface area contributed by atoms with Gasteiger partial charge in [-0.1, -0.05) is 12.8 Å². The Bertz CT molecular complexity index is 639. The second kappa shape index (κ2) is 5.37. The lowest BCUT2D eigenvalue weighted by atomic mass is 10.2. The van der Waals surface area contributed by atoms with Crippen molar-refractivity contribution in [1.82, 2.24) is 9.47 Å². The maximum Gasteiger partial charge on any atom is 0.293 e. The first kappa shape index (κ1) is 14.4. The van der Waals surface area contributed by atoms with Gasteiger partial charge in [0.1, 0.15) is 0 Å². The van der Waals surface area contributed by atoms with Crippen molar-refractivity contribution in [2.45, 2.75) is 45.6 Å². The molecule has 0 atom stereocenters. The van der Waals surface area contributed by atoms with E-state index in [1.165, 1.54) is 49.0 Å². The summed E-state index contributed by atoms with van der Waals surface area (Å²) < 4.78 is 2.40. The fourth-order valence-corrected chi connectivity index (χ4v) is 4.18. The average molecular weight is 304 g/mol. The fraction of sp³-hybridized carbons (Fsp3) is 0.500. The zero-order valence-electron chi connectivity index (χ0n) is 12.7. The minimum absolute atomic E-state index is 0.198. The minimum atomic E-state index is -0.198. The van der Waals surface area contributed by atoms with Gasteiger partial charge in [0.05, 0.1) is 4.91 Å². The van der Waals surface area contributed by atoms with Gasteiger partial charge in [-0.25, -0.2) is 0 Å². The summed E-state index contributed by atoms with van der Waals surface area (Å²) in [5, 5.41) is -0.198. The van der Waals surface area contributed by atoms with E-state index in [2.05, 4.69) is 24.5 Å². The highest BCUT2D eigenvalue weighted by Crippen LogP contribution is 2.36. The number of thioether (sulfide) groups is 1. The first-order chi connectivity index (χ1) is 9.99. The van der Waals surface area contributed by atoms with Crippen LogP contribution in [0.4, 0.5) is 4.79 Å². The zero-order chi connectivity index (χ0) is 15.1. The predicted octanol–water partition coefficient (Wildman–Crippen LogP) is 3.89. The summed E-state index contributed by atoms with van der Waals surface area (Å²) in [6.07, 6.45) is 6.93. The maximum atomic E-state index is 12.0. The third-order valence-electron chi connectivity index (χ3n) is 4.49. The highest BCUT2D eigenvalue weighted by atomic mass is 32.2. The molecule has 0 N–H and O–H groups in total. The third-order valence-corrected chi connectivity index (χ3v) is 5.45. The van der Waals surface area contributed by atoms with Crippen molar-refractivity contribution < 1.29 is 9.59 Å². The molecule has 1 aliphatic carbocycles. The Kier molecular flexibility index (Phi) is 3.69. The minimum Gasteiger partial charge on any atom is -0.346 e. The molecular formula is C16H20N2O2S. The molecule has 4 nitrogen and oxygen atoms in total. The van der Waals surface area contributed by atoms with Gasteiger partial charge in [-0.2, -0.15) is 0 Å². The molecule has 0 radical (unpaired) electrons. The smallest absolute Gasteiger partial charge is 0.293 e. The second-order valence-corrected chi connectivity index (χ2v) is 6.87. The lowest BCUT2D eigenvalue weighted by Gasteiger charge is -2.17. The molecule has 0 aromatic carbocycles. The van der Waals surface area contributed by atoms with E-state index in [9.17, 15) is 9.59 Å². The van der Waals surface area contributed by atoms with Gasteiger partial charge in [-0.3, -0.25) is 14.5 Å². The number of aromatic nitrogens is 1. The highest BCUT2D eigenvalue weighted by molar-refractivity contribution is 8.18. The molecule has 0 spiro atoms. The average Bonchev–Trinajstić information content (AvgIpc) is 3.10. The monoisotopic (exact) mass is 304 g/mol. The summed E-state index contributed by atoms with van der Waals surface area (Å²) in [6.45, 7) is 4.22. The first-order valence-corrected chi connectivity index (χ1v) is 8.20. The molecule has 2 aliphatic rings. The Morgan fingerprint density at radius 2 is 1.90 bits per heavy atom. The Balaban J connectivity index is 1.95. The number of likely N-dealkylation sites (N-methyl/N-ethyl adjacent to an activating group) is 1. The number of carbonyl (C=O) groups is 2. The van der Waals surface area contributed by atoms with Crippen molar-refractivity contribution in [2.24, 2.45) is 0 Å². The van der Waals surface area contributed by atoms with Crippen LogP contribution < -0.4 is 0 Å². The Morgan fingerprint density at radius 3 is 2.48 bits per heavy atom. The van der Waals surface area contributed by atoms with Gasteiger partial charge in [0.2, 0.25) is 0 Å². The van der Waals surface area contributed by atoms with Gasteiger partial charge in [0.15, 0.2) is 0 Å². The predicted molar refractivity (Wildman–Crippen MR) is 85.1 cm³/mol. The summed E-state index contributed by atoms with van der Waals surface area (Å²) in [7, 11) is 1.53. The Labute approximate surface area is 129 Å². The number of hydrogen-bond donors (Lipinski definition) is 0. The van der Waals surface area contributed by atoms with Crippen molar-refractivity contribution in [2.75, 3.05) is 7.05 Å². The molecule has 5 heteroatoms. The quantitative estimate of drug-likeness (QED) is 0.779. The van der Waals surface area contributed by atoms with Crippen LogP contribution >= 0.6 is 11.8 Å². The van der Waals surface area contributed by atoms with E-state index in [4.69, 9.17) is 0 Å². The molecule has 1 saturated heterocycles. The maximum absolute atomic E-state index is 12.0. The first-order valence-electron chi connectivity index (χ1n) is 7.39. The molecule has 1 aromatic heterocycles. The van der Waals surface area contributed by atoms with Gasteiger partial charge in [0.25, 0.3) is 11.1 Å². The van der Waals surface area contributed by atoms with E-state index in [-0.39, 0.29) is 11.1 Å². The van der Waals surface area contributed by atoms with Crippen molar-refractivity contribution in [1.29, 1.82) is 0 Å². The van der Waals surface area contributed by atoms with Gasteiger partial charge in [0, 0.05) is 24.5 Å². The number of aryl methyl sites for hydroxylation is 1. The number of hydrogen-bond acceptors (Lipinski definition) is 3. The second-order valence-electron chi connectivity index (χ2n) is 5.88. The van der Waals surface area contributed by atoms with E-state index < -0.39 is 0 Å². The van der Waals surface area contributed by atoms with Gasteiger partial charge < -0.3 is 4.57 Å². The number of nitrogens with zero attached hydrogens (tertiary/aromatic N) is 2.